The number of nitriles is 1. The van der Waals surface area contributed by atoms with E-state index in [-0.39, 0.29) is 35.6 Å². The molecule has 4 unspecified atom stereocenters. The summed E-state index contributed by atoms with van der Waals surface area (Å²) in [5.41, 5.74) is 0.849. The number of nitrogens with zero attached hydrogens (tertiary/aromatic N) is 3. The van der Waals surface area contributed by atoms with Crippen LogP contribution in [-0.2, 0) is 9.59 Å². The highest BCUT2D eigenvalue weighted by molar-refractivity contribution is 6.23. The van der Waals surface area contributed by atoms with Gasteiger partial charge in [0.15, 0.2) is 0 Å². The largest absolute Gasteiger partial charge is 0.302 e. The number of rotatable bonds is 1. The van der Waals surface area contributed by atoms with Crippen LogP contribution in [0, 0.1) is 29.1 Å². The Labute approximate surface area is 151 Å². The smallest absolute Gasteiger partial charge is 0.239 e. The molecule has 2 aromatic carbocycles. The first-order chi connectivity index (χ1) is 12.6. The Morgan fingerprint density at radius 2 is 1.81 bits per heavy atom. The molecule has 4 fully saturated rings. The summed E-state index contributed by atoms with van der Waals surface area (Å²) in [6.45, 7) is 0.877. The molecule has 3 saturated heterocycles. The average Bonchev–Trinajstić information content (AvgIpc) is 2.93. The Morgan fingerprint density at radius 1 is 1.04 bits per heavy atom. The third kappa shape index (κ3) is 1.88. The highest BCUT2D eigenvalue weighted by atomic mass is 16.2. The Hall–Kier alpha value is -2.71. The molecule has 4 atom stereocenters. The van der Waals surface area contributed by atoms with Crippen LogP contribution in [-0.4, -0.2) is 36.3 Å². The Balaban J connectivity index is 1.66. The van der Waals surface area contributed by atoms with Crippen LogP contribution in [0.25, 0.3) is 10.8 Å². The van der Waals surface area contributed by atoms with Gasteiger partial charge in [0.25, 0.3) is 0 Å². The molecule has 26 heavy (non-hydrogen) atoms. The monoisotopic (exact) mass is 345 g/mol. The van der Waals surface area contributed by atoms with Crippen LogP contribution in [0.2, 0.25) is 0 Å². The molecule has 2 bridgehead atoms. The molecule has 2 amide bonds. The molecule has 0 spiro atoms. The van der Waals surface area contributed by atoms with Gasteiger partial charge in [0.1, 0.15) is 6.07 Å². The Morgan fingerprint density at radius 3 is 2.58 bits per heavy atom. The predicted molar refractivity (Wildman–Crippen MR) is 97.3 cm³/mol. The van der Waals surface area contributed by atoms with E-state index in [4.69, 9.17) is 0 Å². The summed E-state index contributed by atoms with van der Waals surface area (Å²) in [7, 11) is 2.05. The lowest BCUT2D eigenvalue weighted by Crippen LogP contribution is -2.56. The first-order valence-corrected chi connectivity index (χ1v) is 9.11. The first kappa shape index (κ1) is 15.5. The number of piperidine rings is 2. The van der Waals surface area contributed by atoms with Crippen molar-refractivity contribution in [1.82, 2.24) is 4.90 Å². The third-order valence-corrected chi connectivity index (χ3v) is 6.50. The number of carbonyl (C=O) groups excluding carboxylic acids is 2. The zero-order valence-electron chi connectivity index (χ0n) is 14.6. The lowest BCUT2D eigenvalue weighted by atomic mass is 9.66. The van der Waals surface area contributed by atoms with E-state index in [9.17, 15) is 14.9 Å². The van der Waals surface area contributed by atoms with Gasteiger partial charge in [-0.05, 0) is 37.3 Å². The van der Waals surface area contributed by atoms with E-state index in [1.54, 1.807) is 6.07 Å². The van der Waals surface area contributed by atoms with Crippen LogP contribution in [0.15, 0.2) is 36.4 Å². The highest BCUT2D eigenvalue weighted by Gasteiger charge is 2.60. The molecule has 5 nitrogen and oxygen atoms in total. The summed E-state index contributed by atoms with van der Waals surface area (Å²) in [6, 6.07) is 13.6. The Kier molecular flexibility index (Phi) is 3.22. The molecule has 5 heteroatoms. The number of fused-ring (bicyclic) bond motifs is 3. The molecule has 0 N–H and O–H groups in total. The number of amides is 2. The van der Waals surface area contributed by atoms with Gasteiger partial charge in [-0.15, -0.1) is 0 Å². The molecule has 3 heterocycles. The summed E-state index contributed by atoms with van der Waals surface area (Å²) >= 11 is 0. The number of hydrogen-bond acceptors (Lipinski definition) is 4. The molecule has 0 radical (unpaired) electrons. The van der Waals surface area contributed by atoms with Crippen molar-refractivity contribution in [2.24, 2.45) is 17.8 Å². The van der Waals surface area contributed by atoms with Crippen molar-refractivity contribution in [2.75, 3.05) is 18.5 Å². The fraction of sp³-hybridized carbons (Fsp3) is 0.381. The number of benzene rings is 2. The quantitative estimate of drug-likeness (QED) is 0.745. The minimum atomic E-state index is -0.266. The fourth-order valence-electron chi connectivity index (χ4n) is 5.36. The van der Waals surface area contributed by atoms with Crippen LogP contribution < -0.4 is 4.90 Å². The Bertz CT molecular complexity index is 992. The molecule has 2 aromatic rings. The molecule has 1 aliphatic carbocycles. The molecule has 130 valence electrons. The van der Waals surface area contributed by atoms with Gasteiger partial charge < -0.3 is 4.90 Å². The minimum absolute atomic E-state index is 0.116. The predicted octanol–water partition coefficient (Wildman–Crippen LogP) is 2.54. The van der Waals surface area contributed by atoms with Gasteiger partial charge in [0.2, 0.25) is 11.8 Å². The molecule has 4 aliphatic rings. The van der Waals surface area contributed by atoms with E-state index < -0.39 is 0 Å². The second kappa shape index (κ2) is 5.39. The maximum atomic E-state index is 13.3. The van der Waals surface area contributed by atoms with Crippen LogP contribution in [0.5, 0.6) is 0 Å². The van der Waals surface area contributed by atoms with Crippen molar-refractivity contribution < 1.29 is 9.59 Å². The summed E-state index contributed by atoms with van der Waals surface area (Å²) in [5, 5.41) is 11.5. The SMILES string of the molecule is CN1CC2CCC1C1C(=O)N(c3ccc4ccccc4c3C#N)C(=O)C21. The number of carbonyl (C=O) groups is 2. The van der Waals surface area contributed by atoms with E-state index in [2.05, 4.69) is 11.0 Å². The first-order valence-electron chi connectivity index (χ1n) is 9.11. The van der Waals surface area contributed by atoms with Gasteiger partial charge in [-0.3, -0.25) is 9.59 Å². The van der Waals surface area contributed by atoms with Crippen molar-refractivity contribution in [3.8, 4) is 6.07 Å². The zero-order valence-corrected chi connectivity index (χ0v) is 14.6. The van der Waals surface area contributed by atoms with E-state index >= 15 is 0 Å². The van der Waals surface area contributed by atoms with Gasteiger partial charge in [0.05, 0.1) is 23.1 Å². The number of hydrogen-bond donors (Lipinski definition) is 0. The second-order valence-corrected chi connectivity index (χ2v) is 7.70. The van der Waals surface area contributed by atoms with E-state index in [0.29, 0.717) is 11.3 Å². The number of anilines is 1. The third-order valence-electron chi connectivity index (χ3n) is 6.50. The molecule has 3 aliphatic heterocycles. The molecule has 0 aromatic heterocycles. The maximum absolute atomic E-state index is 13.3. The van der Waals surface area contributed by atoms with Crippen molar-refractivity contribution in [2.45, 2.75) is 18.9 Å². The zero-order chi connectivity index (χ0) is 18.0. The average molecular weight is 345 g/mol. The normalized spacial score (nSPS) is 30.7. The highest BCUT2D eigenvalue weighted by Crippen LogP contribution is 2.49. The van der Waals surface area contributed by atoms with Crippen LogP contribution in [0.3, 0.4) is 0 Å². The van der Waals surface area contributed by atoms with Gasteiger partial charge in [-0.25, -0.2) is 4.90 Å². The lowest BCUT2D eigenvalue weighted by Gasteiger charge is -2.48. The van der Waals surface area contributed by atoms with Crippen LogP contribution >= 0.6 is 0 Å². The standard InChI is InChI=1S/C21H19N3O2/c1-23-11-13-7-9-17(23)19-18(13)20(25)24(21(19)26)16-8-6-12-4-2-3-5-14(12)15(16)10-22/h2-6,8,13,17-19H,7,9,11H2,1H3. The number of imide groups is 1. The minimum Gasteiger partial charge on any atom is -0.302 e. The van der Waals surface area contributed by atoms with Crippen molar-refractivity contribution in [3.63, 3.8) is 0 Å². The molecular formula is C21H19N3O2. The van der Waals surface area contributed by atoms with E-state index in [1.807, 2.05) is 37.4 Å². The summed E-state index contributed by atoms with van der Waals surface area (Å²) in [6.07, 6.45) is 1.98. The summed E-state index contributed by atoms with van der Waals surface area (Å²) < 4.78 is 0. The van der Waals surface area contributed by atoms with Gasteiger partial charge >= 0.3 is 0 Å². The summed E-state index contributed by atoms with van der Waals surface area (Å²) in [5.74, 6) is -0.501. The topological polar surface area (TPSA) is 64.4 Å². The van der Waals surface area contributed by atoms with Crippen LogP contribution in [0.4, 0.5) is 5.69 Å². The van der Waals surface area contributed by atoms with Gasteiger partial charge in [0, 0.05) is 18.0 Å². The van der Waals surface area contributed by atoms with Gasteiger partial charge in [-0.2, -0.15) is 5.26 Å². The summed E-state index contributed by atoms with van der Waals surface area (Å²) in [4.78, 5) is 30.0. The van der Waals surface area contributed by atoms with Crippen LogP contribution in [0.1, 0.15) is 18.4 Å². The van der Waals surface area contributed by atoms with E-state index in [1.165, 1.54) is 4.90 Å². The van der Waals surface area contributed by atoms with Gasteiger partial charge in [-0.1, -0.05) is 30.3 Å². The molecular weight excluding hydrogens is 326 g/mol. The fourth-order valence-corrected chi connectivity index (χ4v) is 5.36. The molecule has 6 rings (SSSR count). The van der Waals surface area contributed by atoms with Crippen molar-refractivity contribution in [1.29, 1.82) is 5.26 Å². The molecule has 1 saturated carbocycles. The van der Waals surface area contributed by atoms with Crippen molar-refractivity contribution in [3.05, 3.63) is 42.0 Å². The second-order valence-electron chi connectivity index (χ2n) is 7.70. The van der Waals surface area contributed by atoms with E-state index in [0.717, 1.165) is 30.2 Å². The van der Waals surface area contributed by atoms with Crippen molar-refractivity contribution >= 4 is 28.3 Å². The lowest BCUT2D eigenvalue weighted by molar-refractivity contribution is -0.132. The maximum Gasteiger partial charge on any atom is 0.239 e.